The van der Waals surface area contributed by atoms with E-state index in [-0.39, 0.29) is 0 Å². The largest absolute Gasteiger partial charge is 0.310 e. The average Bonchev–Trinajstić information content (AvgIpc) is 3.21. The zero-order chi connectivity index (χ0) is 13.9. The zero-order valence-electron chi connectivity index (χ0n) is 12.7. The van der Waals surface area contributed by atoms with E-state index in [1.165, 1.54) is 60.5 Å². The van der Waals surface area contributed by atoms with Crippen molar-refractivity contribution in [3.8, 4) is 0 Å². The van der Waals surface area contributed by atoms with Crippen molar-refractivity contribution < 1.29 is 0 Å². The van der Waals surface area contributed by atoms with Crippen LogP contribution in [0.25, 0.3) is 6.08 Å². The van der Waals surface area contributed by atoms with Crippen molar-refractivity contribution in [2.75, 3.05) is 6.54 Å². The molecule has 2 aliphatic carbocycles. The monoisotopic (exact) mass is 290 g/mol. The molecular formula is C17H26N2S. The maximum absolute atomic E-state index is 4.57. The van der Waals surface area contributed by atoms with Gasteiger partial charge in [-0.15, -0.1) is 11.3 Å². The van der Waals surface area contributed by atoms with E-state index in [1.54, 1.807) is 5.57 Å². The fourth-order valence-corrected chi connectivity index (χ4v) is 4.09. The lowest BCUT2D eigenvalue weighted by Gasteiger charge is -2.25. The molecule has 1 aromatic heterocycles. The Balaban J connectivity index is 1.76. The molecule has 1 N–H and O–H groups in total. The summed E-state index contributed by atoms with van der Waals surface area (Å²) in [7, 11) is 0. The van der Waals surface area contributed by atoms with Gasteiger partial charge in [-0.05, 0) is 51.5 Å². The predicted octanol–water partition coefficient (Wildman–Crippen LogP) is 4.48. The van der Waals surface area contributed by atoms with Crippen LogP contribution in [0, 0.1) is 19.8 Å². The van der Waals surface area contributed by atoms with Crippen LogP contribution in [0.5, 0.6) is 0 Å². The molecule has 0 spiro atoms. The van der Waals surface area contributed by atoms with Gasteiger partial charge in [0.05, 0.1) is 15.6 Å². The summed E-state index contributed by atoms with van der Waals surface area (Å²) >= 11 is 1.84. The van der Waals surface area contributed by atoms with Crippen molar-refractivity contribution in [1.82, 2.24) is 10.3 Å². The maximum Gasteiger partial charge on any atom is 0.0903 e. The second-order valence-electron chi connectivity index (χ2n) is 6.39. The molecule has 110 valence electrons. The van der Waals surface area contributed by atoms with Gasteiger partial charge in [0.25, 0.3) is 0 Å². The van der Waals surface area contributed by atoms with Crippen molar-refractivity contribution in [1.29, 1.82) is 0 Å². The Morgan fingerprint density at radius 2 is 1.95 bits per heavy atom. The van der Waals surface area contributed by atoms with Gasteiger partial charge in [-0.1, -0.05) is 24.8 Å². The smallest absolute Gasteiger partial charge is 0.0903 e. The van der Waals surface area contributed by atoms with E-state index in [2.05, 4.69) is 30.2 Å². The van der Waals surface area contributed by atoms with Gasteiger partial charge in [0.15, 0.2) is 0 Å². The van der Waals surface area contributed by atoms with Crippen LogP contribution in [0.15, 0.2) is 5.57 Å². The minimum atomic E-state index is 0.797. The first-order valence-corrected chi connectivity index (χ1v) is 8.92. The summed E-state index contributed by atoms with van der Waals surface area (Å²) in [6.45, 7) is 5.34. The minimum Gasteiger partial charge on any atom is -0.310 e. The normalized spacial score (nSPS) is 21.4. The van der Waals surface area contributed by atoms with E-state index >= 15 is 0 Å². The number of aryl methyl sites for hydroxylation is 2. The van der Waals surface area contributed by atoms with Crippen molar-refractivity contribution in [2.24, 2.45) is 5.92 Å². The molecule has 3 rings (SSSR count). The van der Waals surface area contributed by atoms with Crippen molar-refractivity contribution in [3.05, 3.63) is 21.2 Å². The summed E-state index contributed by atoms with van der Waals surface area (Å²) in [5.74, 6) is 0.803. The Morgan fingerprint density at radius 1 is 1.20 bits per heavy atom. The number of nitrogens with zero attached hydrogens (tertiary/aromatic N) is 1. The number of nitrogens with one attached hydrogen (secondary N) is 1. The van der Waals surface area contributed by atoms with Crippen LogP contribution in [0.4, 0.5) is 0 Å². The molecule has 0 unspecified atom stereocenters. The number of hydrogen-bond acceptors (Lipinski definition) is 3. The lowest BCUT2D eigenvalue weighted by Crippen LogP contribution is -2.23. The topological polar surface area (TPSA) is 24.9 Å². The van der Waals surface area contributed by atoms with Gasteiger partial charge in [-0.3, -0.25) is 0 Å². The summed E-state index contributed by atoms with van der Waals surface area (Å²) in [5.41, 5.74) is 2.83. The highest BCUT2D eigenvalue weighted by Crippen LogP contribution is 2.32. The fourth-order valence-electron chi connectivity index (χ4n) is 3.19. The van der Waals surface area contributed by atoms with Gasteiger partial charge < -0.3 is 5.32 Å². The first kappa shape index (κ1) is 14.3. The van der Waals surface area contributed by atoms with Gasteiger partial charge >= 0.3 is 0 Å². The van der Waals surface area contributed by atoms with Crippen LogP contribution in [0.3, 0.4) is 0 Å². The number of rotatable bonds is 5. The quantitative estimate of drug-likeness (QED) is 0.865. The van der Waals surface area contributed by atoms with E-state index in [0.717, 1.165) is 18.5 Å². The summed E-state index contributed by atoms with van der Waals surface area (Å²) in [6.07, 6.45) is 12.2. The Labute approximate surface area is 126 Å². The molecule has 0 bridgehead atoms. The van der Waals surface area contributed by atoms with E-state index in [4.69, 9.17) is 0 Å². The molecule has 0 amide bonds. The van der Waals surface area contributed by atoms with Crippen LogP contribution in [-0.4, -0.2) is 17.6 Å². The van der Waals surface area contributed by atoms with Crippen molar-refractivity contribution in [3.63, 3.8) is 0 Å². The summed E-state index contributed by atoms with van der Waals surface area (Å²) in [6, 6.07) is 0.797. The molecule has 1 heterocycles. The molecule has 0 radical (unpaired) electrons. The van der Waals surface area contributed by atoms with Crippen LogP contribution in [0.1, 0.15) is 60.5 Å². The Hall–Kier alpha value is -0.670. The second-order valence-corrected chi connectivity index (χ2v) is 7.63. The molecule has 0 aromatic carbocycles. The Kier molecular flexibility index (Phi) is 4.57. The van der Waals surface area contributed by atoms with Crippen LogP contribution in [-0.2, 0) is 0 Å². The van der Waals surface area contributed by atoms with Gasteiger partial charge in [-0.25, -0.2) is 4.98 Å². The molecular weight excluding hydrogens is 264 g/mol. The molecule has 2 fully saturated rings. The molecule has 20 heavy (non-hydrogen) atoms. The van der Waals surface area contributed by atoms with Gasteiger partial charge in [0, 0.05) is 12.6 Å². The second kappa shape index (κ2) is 6.40. The van der Waals surface area contributed by atoms with Crippen molar-refractivity contribution in [2.45, 2.75) is 64.8 Å². The Bertz CT molecular complexity index is 479. The third kappa shape index (κ3) is 3.70. The molecule has 0 saturated heterocycles. The number of aromatic nitrogens is 1. The molecule has 1 aromatic rings. The van der Waals surface area contributed by atoms with Gasteiger partial charge in [0.2, 0.25) is 0 Å². The molecule has 3 heteroatoms. The van der Waals surface area contributed by atoms with Crippen LogP contribution < -0.4 is 5.32 Å². The van der Waals surface area contributed by atoms with Crippen LogP contribution in [0.2, 0.25) is 0 Å². The van der Waals surface area contributed by atoms with Gasteiger partial charge in [-0.2, -0.15) is 0 Å². The van der Waals surface area contributed by atoms with E-state index in [9.17, 15) is 0 Å². The lowest BCUT2D eigenvalue weighted by molar-refractivity contribution is 0.396. The highest BCUT2D eigenvalue weighted by molar-refractivity contribution is 7.12. The van der Waals surface area contributed by atoms with E-state index in [1.807, 2.05) is 11.3 Å². The SMILES string of the molecule is Cc1nc(C)c(/C=C(/CNC2CC2)C2CCCCC2)s1. The number of thiazole rings is 1. The van der Waals surface area contributed by atoms with Crippen molar-refractivity contribution >= 4 is 17.4 Å². The summed E-state index contributed by atoms with van der Waals surface area (Å²) in [5, 5.41) is 4.90. The molecule has 2 aliphatic rings. The standard InChI is InChI=1S/C17H26N2S/c1-12-17(20-13(2)19-12)10-15(11-18-16-8-9-16)14-6-4-3-5-7-14/h10,14,16,18H,3-9,11H2,1-2H3/b15-10-. The highest BCUT2D eigenvalue weighted by atomic mass is 32.1. The third-order valence-corrected chi connectivity index (χ3v) is 5.58. The molecule has 2 nitrogen and oxygen atoms in total. The van der Waals surface area contributed by atoms with E-state index in [0.29, 0.717) is 0 Å². The summed E-state index contributed by atoms with van der Waals surface area (Å²) < 4.78 is 0. The Morgan fingerprint density at radius 3 is 2.55 bits per heavy atom. The molecule has 2 saturated carbocycles. The average molecular weight is 290 g/mol. The first-order valence-electron chi connectivity index (χ1n) is 8.10. The van der Waals surface area contributed by atoms with Crippen LogP contribution >= 0.6 is 11.3 Å². The van der Waals surface area contributed by atoms with Gasteiger partial charge in [0.1, 0.15) is 0 Å². The summed E-state index contributed by atoms with van der Waals surface area (Å²) in [4.78, 5) is 5.95. The molecule has 0 aliphatic heterocycles. The maximum atomic E-state index is 4.57. The zero-order valence-corrected chi connectivity index (χ0v) is 13.6. The number of hydrogen-bond donors (Lipinski definition) is 1. The predicted molar refractivity (Wildman–Crippen MR) is 87.2 cm³/mol. The minimum absolute atomic E-state index is 0.797. The fraction of sp³-hybridized carbons (Fsp3) is 0.706. The highest BCUT2D eigenvalue weighted by Gasteiger charge is 2.23. The third-order valence-electron chi connectivity index (χ3n) is 4.56. The molecule has 0 atom stereocenters. The lowest BCUT2D eigenvalue weighted by atomic mass is 9.83. The van der Waals surface area contributed by atoms with E-state index < -0.39 is 0 Å². The first-order chi connectivity index (χ1) is 9.72.